The van der Waals surface area contributed by atoms with Crippen LogP contribution in [-0.2, 0) is 10.0 Å². The Kier molecular flexibility index (Phi) is 4.38. The summed E-state index contributed by atoms with van der Waals surface area (Å²) in [5.41, 5.74) is 2.34. The largest absolute Gasteiger partial charge is 0.307 e. The summed E-state index contributed by atoms with van der Waals surface area (Å²) in [6.07, 6.45) is 6.70. The van der Waals surface area contributed by atoms with Crippen LogP contribution < -0.4 is 11.3 Å². The number of hydrogen-bond donors (Lipinski definition) is 2. The lowest BCUT2D eigenvalue weighted by atomic mass is 9.96. The third-order valence-electron chi connectivity index (χ3n) is 3.65. The molecule has 1 fully saturated rings. The monoisotopic (exact) mass is 284 g/mol. The average Bonchev–Trinajstić information content (AvgIpc) is 2.47. The molecule has 1 aliphatic rings. The van der Waals surface area contributed by atoms with E-state index in [1.165, 1.54) is 23.0 Å². The first-order chi connectivity index (χ1) is 9.07. The van der Waals surface area contributed by atoms with Crippen LogP contribution in [0.2, 0.25) is 0 Å². The number of nitrogen functional groups attached to an aromatic ring is 1. The summed E-state index contributed by atoms with van der Waals surface area (Å²) < 4.78 is 26.7. The van der Waals surface area contributed by atoms with Gasteiger partial charge in [-0.3, -0.25) is 0 Å². The summed E-state index contributed by atoms with van der Waals surface area (Å²) >= 11 is 0. The molecule has 3 N–H and O–H groups in total. The van der Waals surface area contributed by atoms with Crippen molar-refractivity contribution in [2.24, 2.45) is 5.84 Å². The van der Waals surface area contributed by atoms with Gasteiger partial charge in [-0.2, -0.15) is 4.31 Å². The van der Waals surface area contributed by atoms with E-state index in [9.17, 15) is 8.42 Å². The molecule has 1 heterocycles. The van der Waals surface area contributed by atoms with Crippen LogP contribution in [0.15, 0.2) is 23.2 Å². The first-order valence-electron chi connectivity index (χ1n) is 6.47. The predicted octanol–water partition coefficient (Wildman–Crippen LogP) is 1.32. The first-order valence-corrected chi connectivity index (χ1v) is 7.91. The normalized spacial score (nSPS) is 17.6. The lowest BCUT2D eigenvalue weighted by molar-refractivity contribution is 0.286. The van der Waals surface area contributed by atoms with Crippen LogP contribution in [0, 0.1) is 0 Å². The van der Waals surface area contributed by atoms with Crippen molar-refractivity contribution in [3.63, 3.8) is 0 Å². The summed E-state index contributed by atoms with van der Waals surface area (Å²) in [6.45, 7) is 0. The molecule has 1 aromatic heterocycles. The van der Waals surface area contributed by atoms with Crippen molar-refractivity contribution >= 4 is 15.8 Å². The van der Waals surface area contributed by atoms with E-state index in [4.69, 9.17) is 5.84 Å². The lowest BCUT2D eigenvalue weighted by Gasteiger charge is -2.30. The number of pyridine rings is 1. The van der Waals surface area contributed by atoms with Crippen LogP contribution in [0.5, 0.6) is 0 Å². The molecule has 0 aromatic carbocycles. The molecule has 7 heteroatoms. The zero-order chi connectivity index (χ0) is 13.9. The number of sulfonamides is 1. The highest BCUT2D eigenvalue weighted by Gasteiger charge is 2.30. The Hall–Kier alpha value is -1.18. The molecule has 0 radical (unpaired) electrons. The minimum absolute atomic E-state index is 0.0737. The summed E-state index contributed by atoms with van der Waals surface area (Å²) in [4.78, 5) is 4.08. The van der Waals surface area contributed by atoms with E-state index in [1.807, 2.05) is 0 Å². The summed E-state index contributed by atoms with van der Waals surface area (Å²) in [5.74, 6) is 5.52. The number of anilines is 1. The minimum atomic E-state index is -3.55. The molecule has 1 saturated carbocycles. The molecule has 0 bridgehead atoms. The molecule has 0 amide bonds. The fourth-order valence-electron chi connectivity index (χ4n) is 2.50. The van der Waals surface area contributed by atoms with Gasteiger partial charge in [0.2, 0.25) is 10.0 Å². The van der Waals surface area contributed by atoms with Crippen LogP contribution in [0.3, 0.4) is 0 Å². The molecular weight excluding hydrogens is 264 g/mol. The Labute approximate surface area is 114 Å². The average molecular weight is 284 g/mol. The van der Waals surface area contributed by atoms with Gasteiger partial charge in [-0.05, 0) is 25.0 Å². The van der Waals surface area contributed by atoms with Crippen molar-refractivity contribution < 1.29 is 8.42 Å². The maximum atomic E-state index is 12.6. The van der Waals surface area contributed by atoms with E-state index in [1.54, 1.807) is 13.1 Å². The first kappa shape index (κ1) is 14.2. The summed E-state index contributed by atoms with van der Waals surface area (Å²) in [6, 6.07) is 3.20. The third-order valence-corrected chi connectivity index (χ3v) is 5.60. The maximum Gasteiger partial charge on any atom is 0.246 e. The molecule has 19 heavy (non-hydrogen) atoms. The van der Waals surface area contributed by atoms with Gasteiger partial charge in [-0.1, -0.05) is 19.3 Å². The molecule has 2 rings (SSSR count). The van der Waals surface area contributed by atoms with E-state index < -0.39 is 10.0 Å². The molecular formula is C12H20N4O2S. The van der Waals surface area contributed by atoms with Gasteiger partial charge in [0.1, 0.15) is 4.90 Å². The van der Waals surface area contributed by atoms with Gasteiger partial charge in [-0.25, -0.2) is 19.2 Å². The standard InChI is InChI=1S/C12H20N4O2S/c1-16(10-6-3-2-4-7-10)19(17,18)11-8-5-9-14-12(11)15-13/h5,8-10H,2-4,6-7,13H2,1H3,(H,14,15). The molecule has 106 valence electrons. The molecule has 0 saturated heterocycles. The Bertz CT molecular complexity index is 526. The van der Waals surface area contributed by atoms with Gasteiger partial charge in [0.05, 0.1) is 0 Å². The highest BCUT2D eigenvalue weighted by atomic mass is 32.2. The number of nitrogens with one attached hydrogen (secondary N) is 1. The van der Waals surface area contributed by atoms with Crippen LogP contribution in [-0.4, -0.2) is 30.8 Å². The van der Waals surface area contributed by atoms with Gasteiger partial charge in [0.15, 0.2) is 5.82 Å². The molecule has 1 aromatic rings. The van der Waals surface area contributed by atoms with Gasteiger partial charge in [-0.15, -0.1) is 0 Å². The fourth-order valence-corrected chi connectivity index (χ4v) is 4.02. The third kappa shape index (κ3) is 2.88. The maximum absolute atomic E-state index is 12.6. The quantitative estimate of drug-likeness (QED) is 0.643. The molecule has 0 aliphatic heterocycles. The Morgan fingerprint density at radius 3 is 2.68 bits per heavy atom. The number of nitrogens with zero attached hydrogens (tertiary/aromatic N) is 2. The highest BCUT2D eigenvalue weighted by Crippen LogP contribution is 2.28. The smallest absolute Gasteiger partial charge is 0.246 e. The number of aromatic nitrogens is 1. The van der Waals surface area contributed by atoms with Crippen LogP contribution >= 0.6 is 0 Å². The number of hydrazine groups is 1. The highest BCUT2D eigenvalue weighted by molar-refractivity contribution is 7.89. The van der Waals surface area contributed by atoms with E-state index in [0.717, 1.165) is 25.7 Å². The Balaban J connectivity index is 2.30. The predicted molar refractivity (Wildman–Crippen MR) is 73.9 cm³/mol. The van der Waals surface area contributed by atoms with Crippen molar-refractivity contribution in [1.29, 1.82) is 0 Å². The lowest BCUT2D eigenvalue weighted by Crippen LogP contribution is -2.38. The Morgan fingerprint density at radius 1 is 1.37 bits per heavy atom. The molecule has 0 spiro atoms. The SMILES string of the molecule is CN(C1CCCCC1)S(=O)(=O)c1cccnc1NN. The summed E-state index contributed by atoms with van der Waals surface area (Å²) in [5, 5.41) is 0. The van der Waals surface area contributed by atoms with Crippen molar-refractivity contribution in [3.8, 4) is 0 Å². The fraction of sp³-hybridized carbons (Fsp3) is 0.583. The van der Waals surface area contributed by atoms with E-state index >= 15 is 0 Å². The second-order valence-corrected chi connectivity index (χ2v) is 6.77. The van der Waals surface area contributed by atoms with Gasteiger partial charge < -0.3 is 5.43 Å². The van der Waals surface area contributed by atoms with Gasteiger partial charge in [0.25, 0.3) is 0 Å². The molecule has 6 nitrogen and oxygen atoms in total. The zero-order valence-corrected chi connectivity index (χ0v) is 11.9. The summed E-state index contributed by atoms with van der Waals surface area (Å²) in [7, 11) is -1.92. The van der Waals surface area contributed by atoms with E-state index in [2.05, 4.69) is 10.4 Å². The van der Waals surface area contributed by atoms with Crippen molar-refractivity contribution in [1.82, 2.24) is 9.29 Å². The van der Waals surface area contributed by atoms with Crippen LogP contribution in [0.25, 0.3) is 0 Å². The number of nitrogens with two attached hydrogens (primary N) is 1. The topological polar surface area (TPSA) is 88.3 Å². The van der Waals surface area contributed by atoms with Crippen molar-refractivity contribution in [2.45, 2.75) is 43.0 Å². The molecule has 0 atom stereocenters. The number of rotatable bonds is 4. The zero-order valence-electron chi connectivity index (χ0n) is 11.0. The van der Waals surface area contributed by atoms with Gasteiger partial charge in [0, 0.05) is 19.3 Å². The second-order valence-electron chi connectivity index (χ2n) is 4.81. The van der Waals surface area contributed by atoms with Crippen molar-refractivity contribution in [3.05, 3.63) is 18.3 Å². The number of hydrogen-bond acceptors (Lipinski definition) is 5. The van der Waals surface area contributed by atoms with E-state index in [0.29, 0.717) is 0 Å². The molecule has 0 unspecified atom stereocenters. The van der Waals surface area contributed by atoms with Crippen LogP contribution in [0.4, 0.5) is 5.82 Å². The molecule has 1 aliphatic carbocycles. The Morgan fingerprint density at radius 2 is 2.05 bits per heavy atom. The minimum Gasteiger partial charge on any atom is -0.307 e. The van der Waals surface area contributed by atoms with Crippen LogP contribution in [0.1, 0.15) is 32.1 Å². The second kappa shape index (κ2) is 5.85. The van der Waals surface area contributed by atoms with Gasteiger partial charge >= 0.3 is 0 Å². The van der Waals surface area contributed by atoms with Crippen molar-refractivity contribution in [2.75, 3.05) is 12.5 Å². The van der Waals surface area contributed by atoms with E-state index in [-0.39, 0.29) is 16.8 Å².